The lowest BCUT2D eigenvalue weighted by Gasteiger charge is -2.37. The Labute approximate surface area is 247 Å². The zero-order valence-electron chi connectivity index (χ0n) is 26.4. The lowest BCUT2D eigenvalue weighted by Crippen LogP contribution is -2.51. The molecule has 0 spiro atoms. The van der Waals surface area contributed by atoms with E-state index in [0.29, 0.717) is 24.9 Å². The Morgan fingerprint density at radius 2 is 1.63 bits per heavy atom. The first-order chi connectivity index (χ1) is 19.3. The molecule has 0 radical (unpaired) electrons. The molecular weight excluding hydrogens is 520 g/mol. The summed E-state index contributed by atoms with van der Waals surface area (Å²) in [7, 11) is 1.60. The maximum Gasteiger partial charge on any atom is 0.225 e. The lowest BCUT2D eigenvalue weighted by molar-refractivity contribution is -0.143. The highest BCUT2D eigenvalue weighted by Gasteiger charge is 2.41. The number of ether oxygens (including phenoxy) is 1. The highest BCUT2D eigenvalue weighted by Crippen LogP contribution is 2.34. The average molecular weight is 575 g/mol. The molecule has 5 unspecified atom stereocenters. The Bertz CT molecular complexity index is 970. The number of hydrogen-bond acceptors (Lipinski definition) is 6. The molecule has 1 heterocycles. The van der Waals surface area contributed by atoms with Gasteiger partial charge in [0.25, 0.3) is 0 Å². The third-order valence-corrected chi connectivity index (χ3v) is 9.03. The number of carbonyl (C=O) groups is 3. The summed E-state index contributed by atoms with van der Waals surface area (Å²) in [6.07, 6.45) is 0.460. The van der Waals surface area contributed by atoms with Crippen molar-refractivity contribution in [2.45, 2.75) is 111 Å². The van der Waals surface area contributed by atoms with Gasteiger partial charge in [-0.25, -0.2) is 0 Å². The summed E-state index contributed by atoms with van der Waals surface area (Å²) in [5.41, 5.74) is 0.699. The van der Waals surface area contributed by atoms with E-state index in [9.17, 15) is 24.6 Å². The molecule has 8 nitrogen and oxygen atoms in total. The fourth-order valence-electron chi connectivity index (χ4n) is 6.24. The number of ketones is 1. The third kappa shape index (κ3) is 9.35. The van der Waals surface area contributed by atoms with E-state index in [4.69, 9.17) is 4.74 Å². The average Bonchev–Trinajstić information content (AvgIpc) is 3.45. The summed E-state index contributed by atoms with van der Waals surface area (Å²) < 4.78 is 5.88. The van der Waals surface area contributed by atoms with Crippen LogP contribution in [0, 0.1) is 29.6 Å². The van der Waals surface area contributed by atoms with Gasteiger partial charge in [0.1, 0.15) is 5.78 Å². The smallest absolute Gasteiger partial charge is 0.225 e. The molecule has 1 fully saturated rings. The molecular formula is C33H54N2O6. The van der Waals surface area contributed by atoms with Crippen LogP contribution in [-0.4, -0.2) is 70.7 Å². The second-order valence-corrected chi connectivity index (χ2v) is 12.5. The number of amides is 2. The predicted octanol–water partition coefficient (Wildman–Crippen LogP) is 4.53. The van der Waals surface area contributed by atoms with Gasteiger partial charge in [0.05, 0.1) is 42.7 Å². The van der Waals surface area contributed by atoms with Crippen LogP contribution in [0.4, 0.5) is 0 Å². The summed E-state index contributed by atoms with van der Waals surface area (Å²) in [5, 5.41) is 24.7. The van der Waals surface area contributed by atoms with Gasteiger partial charge in [-0.15, -0.1) is 0 Å². The molecule has 1 aromatic rings. The third-order valence-electron chi connectivity index (χ3n) is 9.03. The fourth-order valence-corrected chi connectivity index (χ4v) is 6.24. The summed E-state index contributed by atoms with van der Waals surface area (Å²) >= 11 is 0. The number of aliphatic hydroxyl groups is 2. The molecule has 1 saturated heterocycles. The summed E-state index contributed by atoms with van der Waals surface area (Å²) in [6, 6.07) is 8.07. The van der Waals surface area contributed by atoms with E-state index < -0.39 is 36.3 Å². The molecule has 9 atom stereocenters. The van der Waals surface area contributed by atoms with Crippen molar-refractivity contribution in [2.75, 3.05) is 13.7 Å². The van der Waals surface area contributed by atoms with Crippen molar-refractivity contribution in [3.63, 3.8) is 0 Å². The standard InChI is InChI=1S/C33H54N2O6/c1-9-21(4)30(22(5)27(36)18-20(2)3)28(41-8)19-29(37)35-17-13-16-26(35)31(38)23(6)33(40)34-24(7)32(39)25-14-11-10-12-15-25/h10-12,14-15,20-24,26,28,30-32,38-39H,9,13,16-19H2,1-8H3,(H,34,40)/t21-,22?,23+,24+,26-,28?,30?,31?,32?/m0/s1. The molecule has 0 aliphatic carbocycles. The van der Waals surface area contributed by atoms with Gasteiger partial charge >= 0.3 is 0 Å². The maximum atomic E-state index is 13.6. The molecule has 1 aromatic carbocycles. The van der Waals surface area contributed by atoms with Crippen LogP contribution in [0.25, 0.3) is 0 Å². The van der Waals surface area contributed by atoms with Gasteiger partial charge in [-0.1, -0.05) is 78.3 Å². The van der Waals surface area contributed by atoms with Crippen LogP contribution in [0.5, 0.6) is 0 Å². The van der Waals surface area contributed by atoms with Crippen molar-refractivity contribution >= 4 is 17.6 Å². The minimum Gasteiger partial charge on any atom is -0.390 e. The molecule has 2 amide bonds. The van der Waals surface area contributed by atoms with Crippen molar-refractivity contribution in [1.82, 2.24) is 10.2 Å². The molecule has 1 aliphatic rings. The normalized spacial score (nSPS) is 21.4. The van der Waals surface area contributed by atoms with Crippen LogP contribution in [0.15, 0.2) is 30.3 Å². The van der Waals surface area contributed by atoms with Crippen LogP contribution >= 0.6 is 0 Å². The number of likely N-dealkylation sites (tertiary alicyclic amines) is 1. The van der Waals surface area contributed by atoms with E-state index in [-0.39, 0.29) is 47.7 Å². The second-order valence-electron chi connectivity index (χ2n) is 12.5. The molecule has 0 saturated carbocycles. The predicted molar refractivity (Wildman–Crippen MR) is 161 cm³/mol. The number of benzene rings is 1. The fraction of sp³-hybridized carbons (Fsp3) is 0.727. The van der Waals surface area contributed by atoms with Crippen molar-refractivity contribution in [3.8, 4) is 0 Å². The van der Waals surface area contributed by atoms with E-state index in [2.05, 4.69) is 19.2 Å². The van der Waals surface area contributed by atoms with E-state index in [1.165, 1.54) is 0 Å². The maximum absolute atomic E-state index is 13.6. The number of methoxy groups -OCH3 is 1. The summed E-state index contributed by atoms with van der Waals surface area (Å²) in [4.78, 5) is 41.4. The Hall–Kier alpha value is -2.29. The monoisotopic (exact) mass is 574 g/mol. The summed E-state index contributed by atoms with van der Waals surface area (Å²) in [5.74, 6) is -0.967. The van der Waals surface area contributed by atoms with Crippen molar-refractivity contribution in [1.29, 1.82) is 0 Å². The molecule has 232 valence electrons. The van der Waals surface area contributed by atoms with Gasteiger partial charge in [-0.3, -0.25) is 14.4 Å². The van der Waals surface area contributed by atoms with Crippen LogP contribution in [-0.2, 0) is 19.1 Å². The molecule has 0 aromatic heterocycles. The lowest BCUT2D eigenvalue weighted by atomic mass is 9.74. The van der Waals surface area contributed by atoms with Gasteiger partial charge < -0.3 is 25.2 Å². The van der Waals surface area contributed by atoms with Gasteiger partial charge in [-0.2, -0.15) is 0 Å². The number of nitrogens with one attached hydrogen (secondary N) is 1. The highest BCUT2D eigenvalue weighted by atomic mass is 16.5. The molecule has 2 rings (SSSR count). The van der Waals surface area contributed by atoms with Crippen molar-refractivity contribution < 1.29 is 29.3 Å². The van der Waals surface area contributed by atoms with Crippen molar-refractivity contribution in [3.05, 3.63) is 35.9 Å². The first-order valence-electron chi connectivity index (χ1n) is 15.4. The number of nitrogens with zero attached hydrogens (tertiary/aromatic N) is 1. The van der Waals surface area contributed by atoms with E-state index in [0.717, 1.165) is 12.8 Å². The summed E-state index contributed by atoms with van der Waals surface area (Å²) in [6.45, 7) is 14.1. The number of carbonyl (C=O) groups excluding carboxylic acids is 3. The quantitative estimate of drug-likeness (QED) is 0.267. The van der Waals surface area contributed by atoms with Gasteiger partial charge in [0.15, 0.2) is 0 Å². The zero-order chi connectivity index (χ0) is 30.9. The number of hydrogen-bond donors (Lipinski definition) is 3. The molecule has 0 bridgehead atoms. The van der Waals surface area contributed by atoms with Gasteiger partial charge in [0, 0.05) is 26.0 Å². The van der Waals surface area contributed by atoms with Crippen LogP contribution < -0.4 is 5.32 Å². The molecule has 41 heavy (non-hydrogen) atoms. The van der Waals surface area contributed by atoms with E-state index in [1.807, 2.05) is 39.0 Å². The number of Topliss-reactive ketones (excluding diaryl/α,β-unsaturated/α-hetero) is 1. The first-order valence-corrected chi connectivity index (χ1v) is 15.4. The van der Waals surface area contributed by atoms with E-state index >= 15 is 0 Å². The SMILES string of the molecule is CC[C@H](C)C(C(CC(=O)N1CCC[C@H]1C(O)[C@@H](C)C(=O)N[C@H](C)C(O)c1ccccc1)OC)C(C)C(=O)CC(C)C. The Morgan fingerprint density at radius 1 is 1.00 bits per heavy atom. The van der Waals surface area contributed by atoms with Crippen molar-refractivity contribution in [2.24, 2.45) is 29.6 Å². The molecule has 1 aliphatic heterocycles. The van der Waals surface area contributed by atoms with Crippen LogP contribution in [0.3, 0.4) is 0 Å². The van der Waals surface area contributed by atoms with Crippen LogP contribution in [0.1, 0.15) is 92.2 Å². The second kappa shape index (κ2) is 16.4. The Morgan fingerprint density at radius 3 is 2.20 bits per heavy atom. The number of rotatable bonds is 16. The molecule has 8 heteroatoms. The Kier molecular flexibility index (Phi) is 13.9. The highest BCUT2D eigenvalue weighted by molar-refractivity contribution is 5.82. The largest absolute Gasteiger partial charge is 0.390 e. The minimum atomic E-state index is -1.06. The first kappa shape index (κ1) is 34.9. The topological polar surface area (TPSA) is 116 Å². The minimum absolute atomic E-state index is 0.103. The van der Waals surface area contributed by atoms with Gasteiger partial charge in [0.2, 0.25) is 11.8 Å². The van der Waals surface area contributed by atoms with Crippen LogP contribution in [0.2, 0.25) is 0 Å². The van der Waals surface area contributed by atoms with Gasteiger partial charge in [-0.05, 0) is 43.1 Å². The molecule has 3 N–H and O–H groups in total. The van der Waals surface area contributed by atoms with E-state index in [1.54, 1.807) is 38.0 Å². The Balaban J connectivity index is 2.10. The number of aliphatic hydroxyl groups excluding tert-OH is 2. The zero-order valence-corrected chi connectivity index (χ0v) is 26.4.